The maximum Gasteiger partial charge on any atom is 0.166 e. The van der Waals surface area contributed by atoms with Crippen LogP contribution in [-0.2, 0) is 19.0 Å². The molecule has 1 aliphatic carbocycles. The summed E-state index contributed by atoms with van der Waals surface area (Å²) in [5, 5.41) is 0. The van der Waals surface area contributed by atoms with Gasteiger partial charge in [0.05, 0.1) is 25.4 Å². The molecule has 0 spiro atoms. The smallest absolute Gasteiger partial charge is 0.166 e. The van der Waals surface area contributed by atoms with Crippen molar-refractivity contribution in [1.82, 2.24) is 0 Å². The van der Waals surface area contributed by atoms with Gasteiger partial charge in [0, 0.05) is 13.5 Å². The molecule has 1 saturated carbocycles. The van der Waals surface area contributed by atoms with Crippen LogP contribution >= 0.6 is 0 Å². The largest absolute Gasteiger partial charge is 0.382 e. The highest BCUT2D eigenvalue weighted by Gasteiger charge is 2.42. The molecule has 1 fully saturated rings. The molecule has 3 atom stereocenters. The van der Waals surface area contributed by atoms with E-state index in [1.54, 1.807) is 7.11 Å². The number of carbonyl (C=O) groups excluding carboxylic acids is 1. The van der Waals surface area contributed by atoms with Crippen molar-refractivity contribution in [2.24, 2.45) is 0 Å². The second kappa shape index (κ2) is 9.45. The zero-order valence-corrected chi connectivity index (χ0v) is 12.5. The monoisotopic (exact) mass is 272 g/mol. The van der Waals surface area contributed by atoms with Gasteiger partial charge >= 0.3 is 0 Å². The van der Waals surface area contributed by atoms with E-state index in [2.05, 4.69) is 13.8 Å². The molecule has 112 valence electrons. The summed E-state index contributed by atoms with van der Waals surface area (Å²) in [4.78, 5) is 11.5. The van der Waals surface area contributed by atoms with Crippen LogP contribution in [0.3, 0.4) is 0 Å². The van der Waals surface area contributed by atoms with Gasteiger partial charge in [0.1, 0.15) is 6.10 Å². The fourth-order valence-electron chi connectivity index (χ4n) is 2.27. The number of methoxy groups -OCH3 is 1. The normalized spacial score (nSPS) is 24.3. The first-order chi connectivity index (χ1) is 9.19. The third-order valence-electron chi connectivity index (χ3n) is 3.51. The van der Waals surface area contributed by atoms with E-state index < -0.39 is 0 Å². The van der Waals surface area contributed by atoms with Crippen molar-refractivity contribution >= 4 is 5.78 Å². The van der Waals surface area contributed by atoms with Crippen LogP contribution in [0.1, 0.15) is 52.4 Å². The predicted octanol–water partition coefficient (Wildman–Crippen LogP) is 2.73. The predicted molar refractivity (Wildman–Crippen MR) is 74.3 cm³/mol. The van der Waals surface area contributed by atoms with E-state index >= 15 is 0 Å². The SMILES string of the molecule is CCCCCCC(C)OC1CC(=O)C1OCCOC. The van der Waals surface area contributed by atoms with Crippen LogP contribution in [0.5, 0.6) is 0 Å². The first kappa shape index (κ1) is 16.6. The Kier molecular flexibility index (Phi) is 8.26. The number of rotatable bonds is 11. The molecular weight excluding hydrogens is 244 g/mol. The van der Waals surface area contributed by atoms with Crippen LogP contribution in [0.4, 0.5) is 0 Å². The lowest BCUT2D eigenvalue weighted by Crippen LogP contribution is -2.51. The van der Waals surface area contributed by atoms with Gasteiger partial charge in [-0.15, -0.1) is 0 Å². The lowest BCUT2D eigenvalue weighted by atomic mass is 9.89. The summed E-state index contributed by atoms with van der Waals surface area (Å²) >= 11 is 0. The Morgan fingerprint density at radius 2 is 2.05 bits per heavy atom. The summed E-state index contributed by atoms with van der Waals surface area (Å²) in [7, 11) is 1.62. The molecule has 0 aromatic carbocycles. The summed E-state index contributed by atoms with van der Waals surface area (Å²) in [5.74, 6) is 0.152. The fraction of sp³-hybridized carbons (Fsp3) is 0.933. The summed E-state index contributed by atoms with van der Waals surface area (Å²) in [5.41, 5.74) is 0. The summed E-state index contributed by atoms with van der Waals surface area (Å²) < 4.78 is 16.3. The molecule has 0 heterocycles. The molecule has 0 bridgehead atoms. The van der Waals surface area contributed by atoms with E-state index in [1.165, 1.54) is 25.7 Å². The van der Waals surface area contributed by atoms with Crippen molar-refractivity contribution in [3.8, 4) is 0 Å². The molecule has 1 aliphatic rings. The average molecular weight is 272 g/mol. The molecule has 1 rings (SSSR count). The highest BCUT2D eigenvalue weighted by Crippen LogP contribution is 2.25. The minimum atomic E-state index is -0.367. The molecule has 0 radical (unpaired) electrons. The Balaban J connectivity index is 2.14. The molecule has 0 aliphatic heterocycles. The van der Waals surface area contributed by atoms with Crippen molar-refractivity contribution in [3.05, 3.63) is 0 Å². The topological polar surface area (TPSA) is 44.8 Å². The summed E-state index contributed by atoms with van der Waals surface area (Å²) in [6.07, 6.45) is 6.36. The zero-order valence-electron chi connectivity index (χ0n) is 12.5. The van der Waals surface area contributed by atoms with Crippen molar-refractivity contribution < 1.29 is 19.0 Å². The number of ketones is 1. The van der Waals surface area contributed by atoms with E-state index in [0.717, 1.165) is 6.42 Å². The molecule has 19 heavy (non-hydrogen) atoms. The Labute approximate surface area is 116 Å². The highest BCUT2D eigenvalue weighted by molar-refractivity contribution is 5.90. The number of unbranched alkanes of at least 4 members (excludes halogenated alkanes) is 3. The van der Waals surface area contributed by atoms with Gasteiger partial charge in [-0.05, 0) is 13.3 Å². The van der Waals surface area contributed by atoms with Crippen molar-refractivity contribution in [2.75, 3.05) is 20.3 Å². The molecule has 0 amide bonds. The van der Waals surface area contributed by atoms with Gasteiger partial charge in [-0.1, -0.05) is 32.6 Å². The summed E-state index contributed by atoms with van der Waals surface area (Å²) in [6, 6.07) is 0. The number of Topliss-reactive ketones (excluding diaryl/α,β-unsaturated/α-hetero) is 1. The van der Waals surface area contributed by atoms with Gasteiger partial charge in [-0.3, -0.25) is 4.79 Å². The maximum atomic E-state index is 11.5. The average Bonchev–Trinajstić information content (AvgIpc) is 2.39. The van der Waals surface area contributed by atoms with Gasteiger partial charge in [0.25, 0.3) is 0 Å². The number of ether oxygens (including phenoxy) is 3. The van der Waals surface area contributed by atoms with Crippen LogP contribution in [-0.4, -0.2) is 44.4 Å². The third-order valence-corrected chi connectivity index (χ3v) is 3.51. The number of hydrogen-bond acceptors (Lipinski definition) is 4. The van der Waals surface area contributed by atoms with Crippen LogP contribution in [0.25, 0.3) is 0 Å². The van der Waals surface area contributed by atoms with Crippen LogP contribution in [0, 0.1) is 0 Å². The Hall–Kier alpha value is -0.450. The number of hydrogen-bond donors (Lipinski definition) is 0. The van der Waals surface area contributed by atoms with Crippen molar-refractivity contribution in [2.45, 2.75) is 70.7 Å². The Bertz CT molecular complexity index is 255. The molecule has 4 heteroatoms. The van der Waals surface area contributed by atoms with Gasteiger partial charge in [-0.25, -0.2) is 0 Å². The zero-order chi connectivity index (χ0) is 14.1. The maximum absolute atomic E-state index is 11.5. The Morgan fingerprint density at radius 3 is 2.68 bits per heavy atom. The molecule has 3 unspecified atom stereocenters. The molecule has 0 aromatic heterocycles. The highest BCUT2D eigenvalue weighted by atomic mass is 16.6. The van der Waals surface area contributed by atoms with Gasteiger partial charge in [0.15, 0.2) is 5.78 Å². The van der Waals surface area contributed by atoms with E-state index in [1.807, 2.05) is 0 Å². The van der Waals surface area contributed by atoms with E-state index in [-0.39, 0.29) is 24.1 Å². The standard InChI is InChI=1S/C15H28O4/c1-4-5-6-7-8-12(2)19-14-11-13(16)15(14)18-10-9-17-3/h12,14-15H,4-11H2,1-3H3. The molecule has 4 nitrogen and oxygen atoms in total. The second-order valence-electron chi connectivity index (χ2n) is 5.29. The minimum absolute atomic E-state index is 0.0504. The first-order valence-electron chi connectivity index (χ1n) is 7.47. The first-order valence-corrected chi connectivity index (χ1v) is 7.47. The van der Waals surface area contributed by atoms with Crippen LogP contribution in [0.2, 0.25) is 0 Å². The van der Waals surface area contributed by atoms with E-state index in [0.29, 0.717) is 19.6 Å². The lowest BCUT2D eigenvalue weighted by molar-refractivity contribution is -0.174. The van der Waals surface area contributed by atoms with Gasteiger partial charge in [0.2, 0.25) is 0 Å². The molecular formula is C15H28O4. The van der Waals surface area contributed by atoms with Crippen molar-refractivity contribution in [1.29, 1.82) is 0 Å². The van der Waals surface area contributed by atoms with Gasteiger partial charge in [-0.2, -0.15) is 0 Å². The number of carbonyl (C=O) groups is 1. The van der Waals surface area contributed by atoms with Crippen LogP contribution in [0.15, 0.2) is 0 Å². The van der Waals surface area contributed by atoms with E-state index in [9.17, 15) is 4.79 Å². The Morgan fingerprint density at radius 1 is 1.26 bits per heavy atom. The molecule has 0 aromatic rings. The summed E-state index contributed by atoms with van der Waals surface area (Å²) in [6.45, 7) is 5.27. The van der Waals surface area contributed by atoms with Crippen molar-refractivity contribution in [3.63, 3.8) is 0 Å². The molecule has 0 saturated heterocycles. The molecule has 0 N–H and O–H groups in total. The van der Waals surface area contributed by atoms with Gasteiger partial charge < -0.3 is 14.2 Å². The lowest BCUT2D eigenvalue weighted by Gasteiger charge is -2.36. The van der Waals surface area contributed by atoms with Crippen LogP contribution < -0.4 is 0 Å². The second-order valence-corrected chi connectivity index (χ2v) is 5.29. The fourth-order valence-corrected chi connectivity index (χ4v) is 2.27. The van der Waals surface area contributed by atoms with E-state index in [4.69, 9.17) is 14.2 Å². The third kappa shape index (κ3) is 6.02. The minimum Gasteiger partial charge on any atom is -0.382 e. The quantitative estimate of drug-likeness (QED) is 0.542.